The fraction of sp³-hybridized carbons (Fsp3) is 0.111. The van der Waals surface area contributed by atoms with Gasteiger partial charge in [0.15, 0.2) is 0 Å². The highest BCUT2D eigenvalue weighted by Gasteiger charge is 2.07. The van der Waals surface area contributed by atoms with Crippen molar-refractivity contribution < 1.29 is 4.74 Å². The van der Waals surface area contributed by atoms with Crippen LogP contribution in [0.1, 0.15) is 0 Å². The molecule has 0 radical (unpaired) electrons. The zero-order valence-electron chi connectivity index (χ0n) is 7.60. The molecule has 0 atom stereocenters. The molecule has 1 aromatic heterocycles. The average molecular weight is 207 g/mol. The topological polar surface area (TPSA) is 61.0 Å². The van der Waals surface area contributed by atoms with E-state index in [1.165, 1.54) is 11.5 Å². The summed E-state index contributed by atoms with van der Waals surface area (Å²) in [5, 5.41) is 3.78. The molecule has 0 unspecified atom stereocenters. The van der Waals surface area contributed by atoms with E-state index in [9.17, 15) is 0 Å². The van der Waals surface area contributed by atoms with Gasteiger partial charge in [-0.1, -0.05) is 4.49 Å². The summed E-state index contributed by atoms with van der Waals surface area (Å²) in [5.41, 5.74) is 7.30. The summed E-state index contributed by atoms with van der Waals surface area (Å²) in [6, 6.07) is 5.52. The summed E-state index contributed by atoms with van der Waals surface area (Å²) in [6.07, 6.45) is 1.71. The van der Waals surface area contributed by atoms with Crippen LogP contribution in [0.5, 0.6) is 5.75 Å². The molecule has 1 heterocycles. The molecule has 2 rings (SSSR count). The first-order chi connectivity index (χ1) is 6.81. The highest BCUT2D eigenvalue weighted by molar-refractivity contribution is 7.09. The molecular weight excluding hydrogens is 198 g/mol. The minimum absolute atomic E-state index is 0.683. The fourth-order valence-electron chi connectivity index (χ4n) is 1.20. The molecule has 72 valence electrons. The Morgan fingerprint density at radius 3 is 2.93 bits per heavy atom. The first kappa shape index (κ1) is 8.96. The molecule has 5 heteroatoms. The molecule has 0 bridgehead atoms. The van der Waals surface area contributed by atoms with Crippen molar-refractivity contribution in [3.05, 3.63) is 24.4 Å². The van der Waals surface area contributed by atoms with E-state index in [-0.39, 0.29) is 0 Å². The van der Waals surface area contributed by atoms with Crippen molar-refractivity contribution in [2.45, 2.75) is 0 Å². The Hall–Kier alpha value is -1.62. The van der Waals surface area contributed by atoms with E-state index >= 15 is 0 Å². The molecule has 0 saturated heterocycles. The van der Waals surface area contributed by atoms with E-state index in [4.69, 9.17) is 10.5 Å². The lowest BCUT2D eigenvalue weighted by Crippen LogP contribution is -1.90. The zero-order chi connectivity index (χ0) is 9.97. The van der Waals surface area contributed by atoms with E-state index in [1.54, 1.807) is 19.4 Å². The normalized spacial score (nSPS) is 10.1. The van der Waals surface area contributed by atoms with Gasteiger partial charge in [0.25, 0.3) is 0 Å². The van der Waals surface area contributed by atoms with Gasteiger partial charge in [-0.2, -0.15) is 0 Å². The summed E-state index contributed by atoms with van der Waals surface area (Å²) >= 11 is 1.33. The maximum atomic E-state index is 5.65. The van der Waals surface area contributed by atoms with Crippen molar-refractivity contribution in [3.63, 3.8) is 0 Å². The van der Waals surface area contributed by atoms with Gasteiger partial charge < -0.3 is 10.5 Å². The lowest BCUT2D eigenvalue weighted by molar-refractivity contribution is 0.417. The number of anilines is 1. The van der Waals surface area contributed by atoms with Crippen LogP contribution in [0.2, 0.25) is 0 Å². The van der Waals surface area contributed by atoms with Gasteiger partial charge in [0, 0.05) is 17.3 Å². The summed E-state index contributed by atoms with van der Waals surface area (Å²) in [7, 11) is 1.62. The van der Waals surface area contributed by atoms with Crippen molar-refractivity contribution >= 4 is 17.2 Å². The standard InChI is InChI=1S/C9H9N3OS/c1-13-8-4-6(10)2-3-7(8)9-5-11-12-14-9/h2-5H,10H2,1H3. The van der Waals surface area contributed by atoms with Crippen LogP contribution in [0.15, 0.2) is 24.4 Å². The first-order valence-corrected chi connectivity index (χ1v) is 4.80. The molecule has 0 aliphatic rings. The largest absolute Gasteiger partial charge is 0.496 e. The summed E-state index contributed by atoms with van der Waals surface area (Å²) in [4.78, 5) is 0.974. The van der Waals surface area contributed by atoms with Gasteiger partial charge in [0.05, 0.1) is 18.2 Å². The number of methoxy groups -OCH3 is 1. The van der Waals surface area contributed by atoms with Crippen molar-refractivity contribution in [1.82, 2.24) is 9.59 Å². The van der Waals surface area contributed by atoms with Gasteiger partial charge in [-0.15, -0.1) is 5.10 Å². The second-order valence-corrected chi connectivity index (χ2v) is 3.53. The Balaban J connectivity index is 2.53. The number of nitrogens with two attached hydrogens (primary N) is 1. The zero-order valence-corrected chi connectivity index (χ0v) is 8.41. The van der Waals surface area contributed by atoms with Crippen molar-refractivity contribution in [3.8, 4) is 16.2 Å². The fourth-order valence-corrected chi connectivity index (χ4v) is 1.74. The maximum absolute atomic E-state index is 5.65. The number of nitrogens with zero attached hydrogens (tertiary/aromatic N) is 2. The van der Waals surface area contributed by atoms with Crippen LogP contribution in [-0.2, 0) is 0 Å². The Morgan fingerprint density at radius 2 is 2.29 bits per heavy atom. The third-order valence-electron chi connectivity index (χ3n) is 1.85. The number of ether oxygens (including phenoxy) is 1. The summed E-state index contributed by atoms with van der Waals surface area (Å²) in [5.74, 6) is 0.746. The van der Waals surface area contributed by atoms with Crippen molar-refractivity contribution in [2.24, 2.45) is 0 Å². The molecule has 2 aromatic rings. The van der Waals surface area contributed by atoms with Gasteiger partial charge in [0.2, 0.25) is 0 Å². The smallest absolute Gasteiger partial charge is 0.129 e. The number of rotatable bonds is 2. The lowest BCUT2D eigenvalue weighted by Gasteiger charge is -2.06. The Kier molecular flexibility index (Phi) is 2.32. The van der Waals surface area contributed by atoms with Crippen LogP contribution in [-0.4, -0.2) is 16.7 Å². The maximum Gasteiger partial charge on any atom is 0.129 e. The van der Waals surface area contributed by atoms with Crippen LogP contribution in [0.3, 0.4) is 0 Å². The number of hydrogen-bond donors (Lipinski definition) is 1. The monoisotopic (exact) mass is 207 g/mol. The summed E-state index contributed by atoms with van der Waals surface area (Å²) in [6.45, 7) is 0. The molecule has 0 aliphatic heterocycles. The minimum Gasteiger partial charge on any atom is -0.496 e. The number of benzene rings is 1. The van der Waals surface area contributed by atoms with E-state index in [2.05, 4.69) is 9.59 Å². The van der Waals surface area contributed by atoms with Gasteiger partial charge in [-0.25, -0.2) is 0 Å². The van der Waals surface area contributed by atoms with Crippen LogP contribution >= 0.6 is 11.5 Å². The van der Waals surface area contributed by atoms with Crippen LogP contribution in [0.25, 0.3) is 10.4 Å². The van der Waals surface area contributed by atoms with Gasteiger partial charge in [-0.3, -0.25) is 0 Å². The SMILES string of the molecule is COc1cc(N)ccc1-c1cnns1. The predicted octanol–water partition coefficient (Wildman–Crippen LogP) is 1.80. The Labute approximate surface area is 85.5 Å². The number of hydrogen-bond acceptors (Lipinski definition) is 5. The molecule has 0 amide bonds. The van der Waals surface area contributed by atoms with E-state index in [0.29, 0.717) is 5.69 Å². The third kappa shape index (κ3) is 1.54. The van der Waals surface area contributed by atoms with Gasteiger partial charge in [-0.05, 0) is 23.7 Å². The second-order valence-electron chi connectivity index (χ2n) is 2.74. The van der Waals surface area contributed by atoms with Gasteiger partial charge >= 0.3 is 0 Å². The Bertz CT molecular complexity index is 428. The van der Waals surface area contributed by atoms with Gasteiger partial charge in [0.1, 0.15) is 5.75 Å². The van der Waals surface area contributed by atoms with E-state index in [1.807, 2.05) is 12.1 Å². The first-order valence-electron chi connectivity index (χ1n) is 4.02. The predicted molar refractivity (Wildman–Crippen MR) is 56.3 cm³/mol. The third-order valence-corrected chi connectivity index (χ3v) is 2.55. The molecule has 4 nitrogen and oxygen atoms in total. The average Bonchev–Trinajstić information content (AvgIpc) is 2.70. The van der Waals surface area contributed by atoms with E-state index < -0.39 is 0 Å². The lowest BCUT2D eigenvalue weighted by atomic mass is 10.1. The molecular formula is C9H9N3OS. The quantitative estimate of drug-likeness (QED) is 0.763. The molecule has 0 aliphatic carbocycles. The summed E-state index contributed by atoms with van der Waals surface area (Å²) < 4.78 is 9.02. The van der Waals surface area contributed by atoms with Crippen LogP contribution in [0, 0.1) is 0 Å². The molecule has 14 heavy (non-hydrogen) atoms. The molecule has 0 spiro atoms. The van der Waals surface area contributed by atoms with E-state index in [0.717, 1.165) is 16.2 Å². The van der Waals surface area contributed by atoms with Crippen LogP contribution in [0.4, 0.5) is 5.69 Å². The molecule has 1 aromatic carbocycles. The second kappa shape index (κ2) is 3.63. The van der Waals surface area contributed by atoms with Crippen molar-refractivity contribution in [2.75, 3.05) is 12.8 Å². The molecule has 2 N–H and O–H groups in total. The molecule has 0 saturated carbocycles. The highest BCUT2D eigenvalue weighted by atomic mass is 32.1. The minimum atomic E-state index is 0.683. The highest BCUT2D eigenvalue weighted by Crippen LogP contribution is 2.32. The number of nitrogen functional groups attached to an aromatic ring is 1. The molecule has 0 fully saturated rings. The van der Waals surface area contributed by atoms with Crippen molar-refractivity contribution in [1.29, 1.82) is 0 Å². The number of aromatic nitrogens is 2. The van der Waals surface area contributed by atoms with Crippen LogP contribution < -0.4 is 10.5 Å². The Morgan fingerprint density at radius 1 is 1.43 bits per heavy atom.